The lowest BCUT2D eigenvalue weighted by Gasteiger charge is -2.37. The van der Waals surface area contributed by atoms with Gasteiger partial charge in [-0.1, -0.05) is 19.8 Å². The molecule has 0 saturated heterocycles. The van der Waals surface area contributed by atoms with Crippen LogP contribution in [0.1, 0.15) is 45.4 Å². The number of aliphatic imine (C=N–C) groups is 1. The first-order valence-corrected chi connectivity index (χ1v) is 8.46. The molecule has 1 aromatic rings. The summed E-state index contributed by atoms with van der Waals surface area (Å²) in [5.41, 5.74) is -0.120. The van der Waals surface area contributed by atoms with E-state index in [0.29, 0.717) is 13.1 Å². The fourth-order valence-electron chi connectivity index (χ4n) is 3.04. The zero-order valence-corrected chi connectivity index (χ0v) is 14.8. The Morgan fingerprint density at radius 2 is 2.35 bits per heavy atom. The molecular weight excluding hydrogens is 292 g/mol. The Morgan fingerprint density at radius 1 is 1.57 bits per heavy atom. The average molecular weight is 322 g/mol. The van der Waals surface area contributed by atoms with Crippen molar-refractivity contribution in [3.63, 3.8) is 0 Å². The van der Waals surface area contributed by atoms with Crippen molar-refractivity contribution in [2.45, 2.75) is 52.2 Å². The molecule has 7 heteroatoms. The summed E-state index contributed by atoms with van der Waals surface area (Å²) in [6, 6.07) is 0. The molecule has 0 aliphatic heterocycles. The van der Waals surface area contributed by atoms with Crippen LogP contribution in [0.25, 0.3) is 0 Å². The molecule has 1 heterocycles. The van der Waals surface area contributed by atoms with Crippen LogP contribution in [-0.2, 0) is 13.6 Å². The van der Waals surface area contributed by atoms with E-state index in [4.69, 9.17) is 4.99 Å². The van der Waals surface area contributed by atoms with Crippen LogP contribution in [-0.4, -0.2) is 57.0 Å². The van der Waals surface area contributed by atoms with Gasteiger partial charge in [0.1, 0.15) is 12.2 Å². The standard InChI is InChI=1S/C16H30N6O/c1-5-17-15(21(3)10-14-19-12-20-22(14)4)18-11-16(2)9-7-6-8-13(16)23/h12-13,23H,5-11H2,1-4H3,(H,17,18). The molecule has 2 rings (SSSR count). The molecule has 0 spiro atoms. The van der Waals surface area contributed by atoms with Crippen molar-refractivity contribution < 1.29 is 5.11 Å². The highest BCUT2D eigenvalue weighted by Crippen LogP contribution is 2.36. The van der Waals surface area contributed by atoms with Gasteiger partial charge in [0.25, 0.3) is 0 Å². The summed E-state index contributed by atoms with van der Waals surface area (Å²) >= 11 is 0. The topological polar surface area (TPSA) is 78.6 Å². The lowest BCUT2D eigenvalue weighted by molar-refractivity contribution is 0.00705. The third-order valence-corrected chi connectivity index (χ3v) is 4.75. The zero-order valence-electron chi connectivity index (χ0n) is 14.8. The van der Waals surface area contributed by atoms with E-state index >= 15 is 0 Å². The van der Waals surface area contributed by atoms with Gasteiger partial charge in [-0.3, -0.25) is 9.67 Å². The van der Waals surface area contributed by atoms with E-state index in [1.165, 1.54) is 6.42 Å². The van der Waals surface area contributed by atoms with Gasteiger partial charge in [0.2, 0.25) is 0 Å². The maximum absolute atomic E-state index is 10.3. The number of aliphatic hydroxyl groups is 1. The third kappa shape index (κ3) is 4.43. The van der Waals surface area contributed by atoms with Crippen molar-refractivity contribution in [1.29, 1.82) is 0 Å². The van der Waals surface area contributed by atoms with Crippen LogP contribution in [0.2, 0.25) is 0 Å². The van der Waals surface area contributed by atoms with Gasteiger partial charge in [-0.25, -0.2) is 4.98 Å². The van der Waals surface area contributed by atoms with Gasteiger partial charge < -0.3 is 15.3 Å². The number of aryl methyl sites for hydroxylation is 1. The first-order valence-electron chi connectivity index (χ1n) is 8.46. The van der Waals surface area contributed by atoms with Gasteiger partial charge in [-0.2, -0.15) is 5.10 Å². The van der Waals surface area contributed by atoms with Crippen molar-refractivity contribution in [2.75, 3.05) is 20.1 Å². The molecule has 23 heavy (non-hydrogen) atoms. The Balaban J connectivity index is 2.05. The van der Waals surface area contributed by atoms with E-state index in [0.717, 1.165) is 37.6 Å². The molecule has 0 amide bonds. The third-order valence-electron chi connectivity index (χ3n) is 4.75. The van der Waals surface area contributed by atoms with Crippen molar-refractivity contribution in [3.8, 4) is 0 Å². The fourth-order valence-corrected chi connectivity index (χ4v) is 3.04. The fraction of sp³-hybridized carbons (Fsp3) is 0.812. The molecule has 1 aliphatic carbocycles. The smallest absolute Gasteiger partial charge is 0.194 e. The van der Waals surface area contributed by atoms with E-state index in [1.807, 2.05) is 19.0 Å². The lowest BCUT2D eigenvalue weighted by Crippen LogP contribution is -2.42. The van der Waals surface area contributed by atoms with Crippen LogP contribution in [0.5, 0.6) is 0 Å². The molecule has 0 bridgehead atoms. The molecule has 0 aromatic carbocycles. The Hall–Kier alpha value is -1.63. The van der Waals surface area contributed by atoms with Crippen LogP contribution in [0.3, 0.4) is 0 Å². The van der Waals surface area contributed by atoms with E-state index < -0.39 is 0 Å². The first-order chi connectivity index (χ1) is 11.0. The molecule has 1 saturated carbocycles. The second kappa shape index (κ2) is 7.77. The van der Waals surface area contributed by atoms with Gasteiger partial charge in [-0.15, -0.1) is 0 Å². The summed E-state index contributed by atoms with van der Waals surface area (Å²) in [5, 5.41) is 17.8. The highest BCUT2D eigenvalue weighted by atomic mass is 16.3. The predicted molar refractivity (Wildman–Crippen MR) is 91.0 cm³/mol. The Labute approximate surface area is 138 Å². The van der Waals surface area contributed by atoms with Crippen LogP contribution in [0, 0.1) is 5.41 Å². The number of rotatable bonds is 5. The molecular formula is C16H30N6O. The minimum atomic E-state index is -0.257. The van der Waals surface area contributed by atoms with E-state index in [-0.39, 0.29) is 11.5 Å². The normalized spacial score (nSPS) is 25.4. The van der Waals surface area contributed by atoms with E-state index in [9.17, 15) is 5.11 Å². The monoisotopic (exact) mass is 322 g/mol. The lowest BCUT2D eigenvalue weighted by atomic mass is 9.73. The van der Waals surface area contributed by atoms with E-state index in [1.54, 1.807) is 11.0 Å². The molecule has 7 nitrogen and oxygen atoms in total. The van der Waals surface area contributed by atoms with Gasteiger partial charge in [0.15, 0.2) is 5.96 Å². The van der Waals surface area contributed by atoms with Gasteiger partial charge in [0, 0.05) is 26.1 Å². The molecule has 1 aliphatic rings. The number of guanidine groups is 1. The first kappa shape index (κ1) is 17.7. The summed E-state index contributed by atoms with van der Waals surface area (Å²) < 4.78 is 1.77. The van der Waals surface area contributed by atoms with Crippen LogP contribution >= 0.6 is 0 Å². The molecule has 1 fully saturated rings. The highest BCUT2D eigenvalue weighted by molar-refractivity contribution is 5.79. The quantitative estimate of drug-likeness (QED) is 0.628. The number of nitrogens with one attached hydrogen (secondary N) is 1. The van der Waals surface area contributed by atoms with Gasteiger partial charge in [-0.05, 0) is 19.8 Å². The second-order valence-electron chi connectivity index (χ2n) is 6.74. The van der Waals surface area contributed by atoms with Crippen molar-refractivity contribution in [3.05, 3.63) is 12.2 Å². The van der Waals surface area contributed by atoms with Crippen molar-refractivity contribution in [2.24, 2.45) is 17.5 Å². The highest BCUT2D eigenvalue weighted by Gasteiger charge is 2.35. The Kier molecular flexibility index (Phi) is 5.98. The molecule has 2 N–H and O–H groups in total. The maximum Gasteiger partial charge on any atom is 0.194 e. The van der Waals surface area contributed by atoms with Crippen LogP contribution in [0.15, 0.2) is 11.3 Å². The van der Waals surface area contributed by atoms with Crippen molar-refractivity contribution >= 4 is 5.96 Å². The van der Waals surface area contributed by atoms with Gasteiger partial charge in [0.05, 0.1) is 19.2 Å². The van der Waals surface area contributed by atoms with Crippen LogP contribution in [0.4, 0.5) is 0 Å². The average Bonchev–Trinajstić information content (AvgIpc) is 2.92. The number of hydrogen-bond acceptors (Lipinski definition) is 4. The van der Waals surface area contributed by atoms with Crippen molar-refractivity contribution in [1.82, 2.24) is 25.0 Å². The number of aromatic nitrogens is 3. The van der Waals surface area contributed by atoms with Crippen LogP contribution < -0.4 is 5.32 Å². The molecule has 2 atom stereocenters. The SMILES string of the molecule is CCNC(=NCC1(C)CCCCC1O)N(C)Cc1ncnn1C. The molecule has 0 radical (unpaired) electrons. The summed E-state index contributed by atoms with van der Waals surface area (Å²) in [6.45, 7) is 6.29. The summed E-state index contributed by atoms with van der Waals surface area (Å²) in [4.78, 5) is 11.1. The van der Waals surface area contributed by atoms with E-state index in [2.05, 4.69) is 29.2 Å². The summed E-state index contributed by atoms with van der Waals surface area (Å²) in [6.07, 6.45) is 5.52. The summed E-state index contributed by atoms with van der Waals surface area (Å²) in [7, 11) is 3.88. The minimum Gasteiger partial charge on any atom is -0.392 e. The molecule has 130 valence electrons. The maximum atomic E-state index is 10.3. The number of nitrogens with zero attached hydrogens (tertiary/aromatic N) is 5. The Morgan fingerprint density at radius 3 is 2.96 bits per heavy atom. The second-order valence-corrected chi connectivity index (χ2v) is 6.74. The zero-order chi connectivity index (χ0) is 16.9. The Bertz CT molecular complexity index is 528. The molecule has 1 aromatic heterocycles. The predicted octanol–water partition coefficient (Wildman–Crippen LogP) is 1.15. The number of hydrogen-bond donors (Lipinski definition) is 2. The molecule has 2 unspecified atom stereocenters. The summed E-state index contributed by atoms with van der Waals surface area (Å²) in [5.74, 6) is 1.73. The number of aliphatic hydroxyl groups excluding tert-OH is 1. The minimum absolute atomic E-state index is 0.120. The van der Waals surface area contributed by atoms with Gasteiger partial charge >= 0.3 is 0 Å². The largest absolute Gasteiger partial charge is 0.392 e.